The van der Waals surface area contributed by atoms with Crippen LogP contribution < -0.4 is 20.1 Å². The van der Waals surface area contributed by atoms with E-state index in [2.05, 4.69) is 15.4 Å². The molecule has 1 aliphatic heterocycles. The lowest BCUT2D eigenvalue weighted by atomic mass is 9.89. The Balaban J connectivity index is 1.64. The van der Waals surface area contributed by atoms with Gasteiger partial charge in [-0.05, 0) is 36.7 Å². The molecule has 20 nitrogen and oxygen atoms in total. The molecule has 78 heavy (non-hydrogen) atoms. The van der Waals surface area contributed by atoms with Gasteiger partial charge in [-0.3, -0.25) is 33.5 Å². The number of benzene rings is 2. The highest BCUT2D eigenvalue weighted by molar-refractivity contribution is 7.90. The number of nitrogens with zero attached hydrogens (tertiary/aromatic N) is 5. The highest BCUT2D eigenvalue weighted by atomic mass is 32.2. The Kier molecular flexibility index (Phi) is 26.9. The number of rotatable bonds is 30. The van der Waals surface area contributed by atoms with E-state index in [-0.39, 0.29) is 75.2 Å². The first-order chi connectivity index (χ1) is 36.7. The molecule has 1 fully saturated rings. The fraction of sp³-hybridized carbons (Fsp3) is 0.642. The molecule has 2 aromatic carbocycles. The molecule has 25 heteroatoms. The number of ether oxygens (including phenoxy) is 4. The van der Waals surface area contributed by atoms with Crippen LogP contribution in [0.5, 0.6) is 5.75 Å². The van der Waals surface area contributed by atoms with Gasteiger partial charge >= 0.3 is 5.97 Å². The quantitative estimate of drug-likeness (QED) is 0.0191. The summed E-state index contributed by atoms with van der Waals surface area (Å²) in [6.07, 6.45) is -0.878. The lowest BCUT2D eigenvalue weighted by Crippen LogP contribution is -2.56. The van der Waals surface area contributed by atoms with Crippen LogP contribution >= 0.6 is 0 Å². The molecule has 0 aliphatic carbocycles. The molecule has 0 radical (unpaired) electrons. The SMILES string of the molecule is CC[C@H](C)[C@@H]([C@@H](CC(=O)N1CCC[C@H]1[C@H](OC)[C@@H](C)C(=O)N[C@@H](Cc1ccccc1)C(=O)NS(=O)(=O)CCCNC(=O)CCOCCC(=O)Oc1c(F)c(F)cc(F)c1F)OC)N(C)C(=O)[C@@H](N=C(N(C)C)N(C)C)C(C)C. The molecule has 0 unspecified atom stereocenters. The van der Waals surface area contributed by atoms with Crippen molar-refractivity contribution in [2.75, 3.05) is 81.5 Å². The second-order valence-corrected chi connectivity index (χ2v) is 22.0. The zero-order valence-electron chi connectivity index (χ0n) is 46.9. The smallest absolute Gasteiger partial charge is 0.313 e. The number of carbonyl (C=O) groups is 6. The van der Waals surface area contributed by atoms with Gasteiger partial charge in [0.2, 0.25) is 51.0 Å². The van der Waals surface area contributed by atoms with Gasteiger partial charge in [-0.15, -0.1) is 0 Å². The van der Waals surface area contributed by atoms with E-state index in [4.69, 9.17) is 19.2 Å². The van der Waals surface area contributed by atoms with Crippen molar-refractivity contribution in [3.05, 3.63) is 65.2 Å². The Morgan fingerprint density at radius 2 is 1.47 bits per heavy atom. The third kappa shape index (κ3) is 19.5. The average Bonchev–Trinajstić information content (AvgIpc) is 3.87. The van der Waals surface area contributed by atoms with Gasteiger partial charge in [0, 0.05) is 81.5 Å². The van der Waals surface area contributed by atoms with Crippen LogP contribution in [-0.4, -0.2) is 187 Å². The minimum atomic E-state index is -4.31. The summed E-state index contributed by atoms with van der Waals surface area (Å²) in [6.45, 7) is 9.12. The Morgan fingerprint density at radius 1 is 0.859 bits per heavy atom. The lowest BCUT2D eigenvalue weighted by Gasteiger charge is -2.40. The predicted molar refractivity (Wildman–Crippen MR) is 283 cm³/mol. The van der Waals surface area contributed by atoms with Crippen LogP contribution in [0.4, 0.5) is 17.6 Å². The minimum absolute atomic E-state index is 0.0408. The molecular weight excluding hydrogens is 1050 g/mol. The number of halogens is 4. The van der Waals surface area contributed by atoms with Crippen LogP contribution in [-0.2, 0) is 59.4 Å². The number of esters is 1. The lowest BCUT2D eigenvalue weighted by molar-refractivity contribution is -0.146. The first kappa shape index (κ1) is 66.4. The fourth-order valence-corrected chi connectivity index (χ4v) is 10.3. The second kappa shape index (κ2) is 31.6. The molecule has 3 N–H and O–H groups in total. The van der Waals surface area contributed by atoms with E-state index < -0.39 is 117 Å². The number of carbonyl (C=O) groups excluding carboxylic acids is 6. The zero-order valence-corrected chi connectivity index (χ0v) is 47.7. The number of hydrogen-bond donors (Lipinski definition) is 3. The number of sulfonamides is 1. The summed E-state index contributed by atoms with van der Waals surface area (Å²) in [6, 6.07) is 5.43. The number of nitrogens with one attached hydrogen (secondary N) is 3. The maximum Gasteiger partial charge on any atom is 0.313 e. The largest absolute Gasteiger partial charge is 0.420 e. The molecule has 0 aromatic heterocycles. The third-order valence-corrected chi connectivity index (χ3v) is 14.8. The van der Waals surface area contributed by atoms with Crippen LogP contribution in [0.2, 0.25) is 0 Å². The van der Waals surface area contributed by atoms with Gasteiger partial charge in [0.05, 0.1) is 62.0 Å². The van der Waals surface area contributed by atoms with Crippen molar-refractivity contribution in [1.29, 1.82) is 0 Å². The van der Waals surface area contributed by atoms with Crippen LogP contribution in [0.1, 0.15) is 85.1 Å². The highest BCUT2D eigenvalue weighted by Gasteiger charge is 2.43. The van der Waals surface area contributed by atoms with Crippen molar-refractivity contribution in [2.45, 2.75) is 122 Å². The standard InChI is InChI=1S/C53H80F4N8O12S/c1-13-33(4)47(64(10)52(71)46(32(2)3)60-53(62(6)7)63(8)9)40(74-11)31-42(67)65-25-17-21-39(65)48(75-12)34(5)50(69)59-38(29-35-19-15-14-16-20-35)51(70)61-78(72,73)28-18-24-58-41(66)22-26-76-27-23-43(68)77-49-44(56)36(54)30-37(55)45(49)57/h14-16,19-20,30,32-34,38-40,46-48H,13,17-18,21-29,31H2,1-12H3,(H,58,66)(H,59,69)(H,61,70)/t33-,34+,38-,39-,40+,46-,47-,48+/m0/s1. The molecular formula is C53H80F4N8O12S. The number of likely N-dealkylation sites (tertiary alicyclic amines) is 1. The average molecular weight is 1130 g/mol. The van der Waals surface area contributed by atoms with Crippen LogP contribution in [0.25, 0.3) is 0 Å². The molecule has 438 valence electrons. The van der Waals surface area contributed by atoms with Crippen molar-refractivity contribution < 1.29 is 73.7 Å². The van der Waals surface area contributed by atoms with Crippen molar-refractivity contribution in [3.63, 3.8) is 0 Å². The maximum absolute atomic E-state index is 14.4. The molecule has 0 spiro atoms. The van der Waals surface area contributed by atoms with Gasteiger partial charge in [-0.1, -0.05) is 71.4 Å². The van der Waals surface area contributed by atoms with Crippen LogP contribution in [0, 0.1) is 41.0 Å². The van der Waals surface area contributed by atoms with Gasteiger partial charge in [-0.2, -0.15) is 8.78 Å². The Labute approximate surface area is 456 Å². The maximum atomic E-state index is 14.4. The summed E-state index contributed by atoms with van der Waals surface area (Å²) in [7, 11) is 7.78. The van der Waals surface area contributed by atoms with E-state index >= 15 is 0 Å². The molecule has 0 bridgehead atoms. The van der Waals surface area contributed by atoms with Crippen molar-refractivity contribution in [1.82, 2.24) is 35.0 Å². The number of aliphatic imine (C=N–C) groups is 1. The summed E-state index contributed by atoms with van der Waals surface area (Å²) in [4.78, 5) is 92.9. The number of guanidine groups is 1. The molecule has 3 rings (SSSR count). The van der Waals surface area contributed by atoms with Gasteiger partial charge in [0.15, 0.2) is 17.6 Å². The van der Waals surface area contributed by atoms with E-state index in [1.165, 1.54) is 14.2 Å². The van der Waals surface area contributed by atoms with Crippen molar-refractivity contribution >= 4 is 51.5 Å². The first-order valence-corrected chi connectivity index (χ1v) is 27.7. The predicted octanol–water partition coefficient (Wildman–Crippen LogP) is 4.05. The van der Waals surface area contributed by atoms with E-state index in [1.807, 2.05) is 70.4 Å². The Bertz CT molecular complexity index is 2440. The van der Waals surface area contributed by atoms with Gasteiger partial charge in [-0.25, -0.2) is 22.2 Å². The van der Waals surface area contributed by atoms with E-state index in [0.29, 0.717) is 37.3 Å². The third-order valence-electron chi connectivity index (χ3n) is 13.5. The van der Waals surface area contributed by atoms with E-state index in [1.54, 1.807) is 54.1 Å². The molecule has 1 aliphatic rings. The monoisotopic (exact) mass is 1130 g/mol. The van der Waals surface area contributed by atoms with Gasteiger partial charge in [0.1, 0.15) is 12.1 Å². The van der Waals surface area contributed by atoms with Crippen LogP contribution in [0.3, 0.4) is 0 Å². The Morgan fingerprint density at radius 3 is 2.04 bits per heavy atom. The van der Waals surface area contributed by atoms with Gasteiger partial charge < -0.3 is 49.2 Å². The molecule has 5 amide bonds. The molecule has 1 saturated heterocycles. The molecule has 2 aromatic rings. The minimum Gasteiger partial charge on any atom is -0.420 e. The Hall–Kier alpha value is -5.92. The summed E-state index contributed by atoms with van der Waals surface area (Å²) in [5, 5.41) is 5.22. The normalized spacial score (nSPS) is 16.2. The number of methoxy groups -OCH3 is 2. The van der Waals surface area contributed by atoms with Crippen molar-refractivity contribution in [3.8, 4) is 5.75 Å². The number of amides is 5. The molecule has 0 saturated carbocycles. The topological polar surface area (TPSA) is 235 Å². The molecule has 1 heterocycles. The fourth-order valence-electron chi connectivity index (χ4n) is 9.20. The number of hydrogen-bond acceptors (Lipinski definition) is 13. The first-order valence-electron chi connectivity index (χ1n) is 26.0. The summed E-state index contributed by atoms with van der Waals surface area (Å²) in [5.41, 5.74) is 0.617. The molecule has 8 atom stereocenters. The summed E-state index contributed by atoms with van der Waals surface area (Å²) < 4.78 is 104. The highest BCUT2D eigenvalue weighted by Crippen LogP contribution is 2.31. The van der Waals surface area contributed by atoms with Gasteiger partial charge in [0.25, 0.3) is 5.91 Å². The summed E-state index contributed by atoms with van der Waals surface area (Å²) >= 11 is 0. The second-order valence-electron chi connectivity index (χ2n) is 20.1. The van der Waals surface area contributed by atoms with E-state index in [0.717, 1.165) is 0 Å². The summed E-state index contributed by atoms with van der Waals surface area (Å²) in [5.74, 6) is -13.9. The zero-order chi connectivity index (χ0) is 58.6. The van der Waals surface area contributed by atoms with E-state index in [9.17, 15) is 54.7 Å². The van der Waals surface area contributed by atoms with Crippen molar-refractivity contribution in [2.24, 2.45) is 22.7 Å². The van der Waals surface area contributed by atoms with Crippen LogP contribution in [0.15, 0.2) is 41.4 Å². The number of likely N-dealkylation sites (N-methyl/N-ethyl adjacent to an activating group) is 1.